The van der Waals surface area contributed by atoms with Gasteiger partial charge in [-0.05, 0) is 43.6 Å². The second kappa shape index (κ2) is 10.9. The number of H-pyrrole nitrogens is 1. The number of aromatic nitrogens is 4. The van der Waals surface area contributed by atoms with E-state index in [0.29, 0.717) is 25.4 Å². The Hall–Kier alpha value is -2.84. The minimum atomic E-state index is -0.636. The average Bonchev–Trinajstić information content (AvgIpc) is 2.94. The van der Waals surface area contributed by atoms with Gasteiger partial charge >= 0.3 is 5.69 Å². The van der Waals surface area contributed by atoms with Crippen molar-refractivity contribution in [1.82, 2.24) is 19.3 Å². The van der Waals surface area contributed by atoms with Crippen LogP contribution in [0.1, 0.15) is 64.9 Å². The summed E-state index contributed by atoms with van der Waals surface area (Å²) in [5.74, 6) is 0.548. The highest BCUT2D eigenvalue weighted by molar-refractivity contribution is 5.95. The summed E-state index contributed by atoms with van der Waals surface area (Å²) in [6.07, 6.45) is 0.733. The molecule has 0 fully saturated rings. The summed E-state index contributed by atoms with van der Waals surface area (Å²) in [6.45, 7) is 17.6. The fraction of sp³-hybridized carbons (Fsp3) is 0.667. The van der Waals surface area contributed by atoms with Gasteiger partial charge in [0.15, 0.2) is 5.69 Å². The molecule has 33 heavy (non-hydrogen) atoms. The van der Waals surface area contributed by atoms with Crippen LogP contribution in [0, 0.1) is 31.6 Å². The fourth-order valence-electron chi connectivity index (χ4n) is 4.05. The van der Waals surface area contributed by atoms with Crippen molar-refractivity contribution in [1.29, 1.82) is 0 Å². The summed E-state index contributed by atoms with van der Waals surface area (Å²) in [5, 5.41) is 4.64. The number of aromatic amines is 1. The molecule has 9 heteroatoms. The van der Waals surface area contributed by atoms with Crippen molar-refractivity contribution in [3.05, 3.63) is 37.8 Å². The lowest BCUT2D eigenvalue weighted by molar-refractivity contribution is -0.118. The number of hydrogen-bond acceptors (Lipinski definition) is 5. The highest BCUT2D eigenvalue weighted by Crippen LogP contribution is 2.22. The van der Waals surface area contributed by atoms with Crippen LogP contribution >= 0.6 is 0 Å². The van der Waals surface area contributed by atoms with Crippen molar-refractivity contribution in [2.45, 2.75) is 81.3 Å². The van der Waals surface area contributed by atoms with Gasteiger partial charge in [0.2, 0.25) is 5.91 Å². The molecule has 2 rings (SSSR count). The van der Waals surface area contributed by atoms with Crippen LogP contribution in [0.3, 0.4) is 0 Å². The third kappa shape index (κ3) is 6.36. The SMILES string of the molecule is Cc1nn(CC(C)C)c(C)c1CCC(=O)N(CC(C)C)c1c(N)n(CC(C)C)c(=O)[nH]c1=O. The molecule has 0 aliphatic carbocycles. The zero-order chi connectivity index (χ0) is 25.0. The molecular weight excluding hydrogens is 420 g/mol. The molecule has 9 nitrogen and oxygen atoms in total. The Morgan fingerprint density at radius 3 is 2.18 bits per heavy atom. The Kier molecular flexibility index (Phi) is 8.69. The molecule has 0 aromatic carbocycles. The minimum Gasteiger partial charge on any atom is -0.383 e. The lowest BCUT2D eigenvalue weighted by atomic mass is 10.1. The van der Waals surface area contributed by atoms with E-state index >= 15 is 0 Å². The van der Waals surface area contributed by atoms with E-state index in [2.05, 4.69) is 23.9 Å². The summed E-state index contributed by atoms with van der Waals surface area (Å²) in [4.78, 5) is 42.3. The molecule has 2 aromatic heterocycles. The largest absolute Gasteiger partial charge is 0.383 e. The first-order valence-electron chi connectivity index (χ1n) is 11.8. The molecule has 0 aliphatic rings. The van der Waals surface area contributed by atoms with Crippen LogP contribution in [-0.2, 0) is 24.3 Å². The molecule has 2 aromatic rings. The molecule has 0 unspecified atom stereocenters. The molecule has 0 saturated carbocycles. The van der Waals surface area contributed by atoms with Gasteiger partial charge in [0, 0.05) is 31.7 Å². The predicted molar refractivity (Wildman–Crippen MR) is 133 cm³/mol. The normalized spacial score (nSPS) is 11.7. The quantitative estimate of drug-likeness (QED) is 0.565. The third-order valence-electron chi connectivity index (χ3n) is 5.54. The zero-order valence-corrected chi connectivity index (χ0v) is 21.4. The second-order valence-electron chi connectivity index (χ2n) is 10.1. The highest BCUT2D eigenvalue weighted by Gasteiger charge is 2.26. The van der Waals surface area contributed by atoms with E-state index in [9.17, 15) is 14.4 Å². The minimum absolute atomic E-state index is 0.0311. The van der Waals surface area contributed by atoms with E-state index in [1.165, 1.54) is 9.47 Å². The van der Waals surface area contributed by atoms with Crippen LogP contribution in [0.25, 0.3) is 0 Å². The molecule has 0 atom stereocenters. The molecule has 184 valence electrons. The van der Waals surface area contributed by atoms with Crippen LogP contribution in [0.5, 0.6) is 0 Å². The zero-order valence-electron chi connectivity index (χ0n) is 21.4. The molecular formula is C24H40N6O3. The topological polar surface area (TPSA) is 119 Å². The molecule has 2 heterocycles. The van der Waals surface area contributed by atoms with Crippen LogP contribution < -0.4 is 21.9 Å². The average molecular weight is 461 g/mol. The number of nitrogens with one attached hydrogen (secondary N) is 1. The fourth-order valence-corrected chi connectivity index (χ4v) is 4.05. The smallest absolute Gasteiger partial charge is 0.330 e. The molecule has 0 saturated heterocycles. The molecule has 3 N–H and O–H groups in total. The lowest BCUT2D eigenvalue weighted by Crippen LogP contribution is -2.43. The lowest BCUT2D eigenvalue weighted by Gasteiger charge is -2.26. The Morgan fingerprint density at radius 2 is 1.64 bits per heavy atom. The number of nitrogens with zero attached hydrogens (tertiary/aromatic N) is 4. The number of nitrogens with two attached hydrogens (primary N) is 1. The first-order chi connectivity index (χ1) is 15.3. The molecule has 0 aliphatic heterocycles. The summed E-state index contributed by atoms with van der Waals surface area (Å²) in [6, 6.07) is 0. The predicted octanol–water partition coefficient (Wildman–Crippen LogP) is 2.87. The van der Waals surface area contributed by atoms with Gasteiger partial charge in [0.1, 0.15) is 5.82 Å². The Balaban J connectivity index is 2.39. The number of aryl methyl sites for hydroxylation is 1. The van der Waals surface area contributed by atoms with Crippen molar-refractivity contribution >= 4 is 17.4 Å². The van der Waals surface area contributed by atoms with Crippen LogP contribution in [0.15, 0.2) is 9.59 Å². The summed E-state index contributed by atoms with van der Waals surface area (Å²) in [7, 11) is 0. The Labute approximate surface area is 196 Å². The monoisotopic (exact) mass is 460 g/mol. The summed E-state index contributed by atoms with van der Waals surface area (Å²) >= 11 is 0. The van der Waals surface area contributed by atoms with E-state index in [0.717, 1.165) is 23.5 Å². The van der Waals surface area contributed by atoms with Crippen molar-refractivity contribution in [3.8, 4) is 0 Å². The maximum atomic E-state index is 13.4. The number of carbonyl (C=O) groups excluding carboxylic acids is 1. The molecule has 0 bridgehead atoms. The third-order valence-corrected chi connectivity index (χ3v) is 5.54. The van der Waals surface area contributed by atoms with E-state index in [1.54, 1.807) is 0 Å². The van der Waals surface area contributed by atoms with Crippen molar-refractivity contribution < 1.29 is 4.79 Å². The maximum Gasteiger partial charge on any atom is 0.330 e. The van der Waals surface area contributed by atoms with Crippen LogP contribution in [0.4, 0.5) is 11.5 Å². The van der Waals surface area contributed by atoms with E-state index < -0.39 is 11.2 Å². The molecule has 1 amide bonds. The van der Waals surface area contributed by atoms with Gasteiger partial charge in [-0.3, -0.25) is 23.8 Å². The first kappa shape index (κ1) is 26.4. The van der Waals surface area contributed by atoms with Gasteiger partial charge in [-0.25, -0.2) is 4.79 Å². The van der Waals surface area contributed by atoms with E-state index in [1.807, 2.05) is 46.2 Å². The van der Waals surface area contributed by atoms with Gasteiger partial charge in [-0.2, -0.15) is 5.10 Å². The van der Waals surface area contributed by atoms with Crippen molar-refractivity contribution in [2.24, 2.45) is 17.8 Å². The van der Waals surface area contributed by atoms with Gasteiger partial charge < -0.3 is 10.6 Å². The first-order valence-corrected chi connectivity index (χ1v) is 11.8. The van der Waals surface area contributed by atoms with Crippen LogP contribution in [-0.4, -0.2) is 31.8 Å². The number of anilines is 2. The Bertz CT molecular complexity index is 1090. The standard InChI is InChI=1S/C24H40N6O3/c1-14(2)11-28(21-22(25)29(12-15(3)4)24(33)26-23(21)32)20(31)10-9-19-17(7)27-30(18(19)8)13-16(5)6/h14-16H,9-13,25H2,1-8H3,(H,26,32,33). The van der Waals surface area contributed by atoms with Gasteiger partial charge in [-0.15, -0.1) is 0 Å². The van der Waals surface area contributed by atoms with Crippen molar-refractivity contribution in [3.63, 3.8) is 0 Å². The highest BCUT2D eigenvalue weighted by atomic mass is 16.2. The maximum absolute atomic E-state index is 13.4. The Morgan fingerprint density at radius 1 is 1.03 bits per heavy atom. The van der Waals surface area contributed by atoms with Crippen molar-refractivity contribution in [2.75, 3.05) is 17.2 Å². The van der Waals surface area contributed by atoms with E-state index in [4.69, 9.17) is 5.73 Å². The summed E-state index contributed by atoms with van der Waals surface area (Å²) in [5.41, 5.74) is 8.18. The van der Waals surface area contributed by atoms with Gasteiger partial charge in [0.25, 0.3) is 5.56 Å². The number of hydrogen-bond donors (Lipinski definition) is 2. The second-order valence-corrected chi connectivity index (χ2v) is 10.1. The number of amides is 1. The molecule has 0 spiro atoms. The summed E-state index contributed by atoms with van der Waals surface area (Å²) < 4.78 is 3.34. The van der Waals surface area contributed by atoms with E-state index in [-0.39, 0.29) is 35.7 Å². The number of rotatable bonds is 10. The number of carbonyl (C=O) groups is 1. The van der Waals surface area contributed by atoms with Crippen LogP contribution in [0.2, 0.25) is 0 Å². The number of nitrogen functional groups attached to an aromatic ring is 1. The van der Waals surface area contributed by atoms with Gasteiger partial charge in [0.05, 0.1) is 5.69 Å². The van der Waals surface area contributed by atoms with Gasteiger partial charge in [-0.1, -0.05) is 41.5 Å². The molecule has 0 radical (unpaired) electrons.